The summed E-state index contributed by atoms with van der Waals surface area (Å²) in [5.41, 5.74) is 2.12. The lowest BCUT2D eigenvalue weighted by Crippen LogP contribution is -2.25. The van der Waals surface area contributed by atoms with Gasteiger partial charge in [-0.2, -0.15) is 0 Å². The fraction of sp³-hybridized carbons (Fsp3) is 0.500. The van der Waals surface area contributed by atoms with Gasteiger partial charge in [0.05, 0.1) is 26.2 Å². The summed E-state index contributed by atoms with van der Waals surface area (Å²) in [6, 6.07) is 7.98. The van der Waals surface area contributed by atoms with Gasteiger partial charge in [0.1, 0.15) is 0 Å². The fourth-order valence-corrected chi connectivity index (χ4v) is 2.09. The van der Waals surface area contributed by atoms with Crippen LogP contribution in [0.5, 0.6) is 0 Å². The normalized spacial score (nSPS) is 27.2. The Bertz CT molecular complexity index is 443. The molecule has 1 aromatic carbocycles. The Hall–Kier alpha value is -1.39. The summed E-state index contributed by atoms with van der Waals surface area (Å²) >= 11 is 0. The van der Waals surface area contributed by atoms with Gasteiger partial charge in [-0.25, -0.2) is 0 Å². The van der Waals surface area contributed by atoms with E-state index in [2.05, 4.69) is 4.74 Å². The van der Waals surface area contributed by atoms with Crippen molar-refractivity contribution in [3.05, 3.63) is 35.4 Å². The van der Waals surface area contributed by atoms with Crippen LogP contribution in [0.15, 0.2) is 24.3 Å². The Morgan fingerprint density at radius 1 is 1.56 bits per heavy atom. The number of methoxy groups -OCH3 is 1. The zero-order valence-corrected chi connectivity index (χ0v) is 10.9. The highest BCUT2D eigenvalue weighted by molar-refractivity contribution is 5.69. The Morgan fingerprint density at radius 2 is 2.33 bits per heavy atom. The van der Waals surface area contributed by atoms with Gasteiger partial charge >= 0.3 is 5.97 Å². The second-order valence-electron chi connectivity index (χ2n) is 4.65. The Labute approximate surface area is 107 Å². The summed E-state index contributed by atoms with van der Waals surface area (Å²) in [7, 11) is 1.37. The molecule has 0 radical (unpaired) electrons. The number of carbonyl (C=O) groups is 1. The van der Waals surface area contributed by atoms with E-state index in [-0.39, 0.29) is 18.5 Å². The number of esters is 1. The van der Waals surface area contributed by atoms with Crippen molar-refractivity contribution in [3.8, 4) is 0 Å². The van der Waals surface area contributed by atoms with Crippen LogP contribution in [0.25, 0.3) is 0 Å². The average Bonchev–Trinajstić information content (AvgIpc) is 2.72. The molecule has 2 rings (SSSR count). The van der Waals surface area contributed by atoms with Crippen molar-refractivity contribution < 1.29 is 19.0 Å². The molecular formula is C14H18O4. The minimum absolute atomic E-state index is 0.220. The summed E-state index contributed by atoms with van der Waals surface area (Å²) < 4.78 is 16.2. The second kappa shape index (κ2) is 5.08. The van der Waals surface area contributed by atoms with Gasteiger partial charge in [-0.3, -0.25) is 4.79 Å². The Kier molecular flexibility index (Phi) is 3.68. The smallest absolute Gasteiger partial charge is 0.308 e. The lowest BCUT2D eigenvalue weighted by atomic mass is 10.1. The van der Waals surface area contributed by atoms with Gasteiger partial charge in [0.15, 0.2) is 5.79 Å². The molecule has 1 aliphatic rings. The van der Waals surface area contributed by atoms with E-state index in [1.807, 2.05) is 38.1 Å². The van der Waals surface area contributed by atoms with Gasteiger partial charge in [0, 0.05) is 5.56 Å². The second-order valence-corrected chi connectivity index (χ2v) is 4.65. The van der Waals surface area contributed by atoms with Crippen molar-refractivity contribution in [2.24, 2.45) is 0 Å². The molecule has 0 aromatic heterocycles. The Balaban J connectivity index is 2.08. The van der Waals surface area contributed by atoms with Crippen LogP contribution < -0.4 is 0 Å². The molecule has 4 nitrogen and oxygen atoms in total. The summed E-state index contributed by atoms with van der Waals surface area (Å²) in [6.45, 7) is 4.30. The molecule has 0 amide bonds. The minimum atomic E-state index is -0.773. The topological polar surface area (TPSA) is 44.8 Å². The van der Waals surface area contributed by atoms with E-state index in [9.17, 15) is 4.79 Å². The standard InChI is InChI=1S/C14H18O4/c1-10-5-4-6-11(7-10)14(2)17-9-12(18-14)8-13(15)16-3/h4-7,12H,8-9H2,1-3H3. The fourth-order valence-electron chi connectivity index (χ4n) is 2.09. The molecule has 1 aliphatic heterocycles. The van der Waals surface area contributed by atoms with Gasteiger partial charge in [-0.15, -0.1) is 0 Å². The predicted molar refractivity (Wildman–Crippen MR) is 66.0 cm³/mol. The molecule has 98 valence electrons. The molecule has 18 heavy (non-hydrogen) atoms. The van der Waals surface area contributed by atoms with Crippen molar-refractivity contribution >= 4 is 5.97 Å². The third-order valence-corrected chi connectivity index (χ3v) is 3.10. The van der Waals surface area contributed by atoms with Crippen LogP contribution >= 0.6 is 0 Å². The van der Waals surface area contributed by atoms with E-state index in [1.54, 1.807) is 0 Å². The van der Waals surface area contributed by atoms with Gasteiger partial charge in [-0.05, 0) is 13.8 Å². The van der Waals surface area contributed by atoms with Gasteiger partial charge in [-0.1, -0.05) is 29.8 Å². The molecule has 1 aromatic rings. The summed E-state index contributed by atoms with van der Waals surface area (Å²) in [4.78, 5) is 11.2. The zero-order chi connectivity index (χ0) is 13.2. The van der Waals surface area contributed by atoms with E-state index in [1.165, 1.54) is 7.11 Å². The maximum absolute atomic E-state index is 11.2. The van der Waals surface area contributed by atoms with E-state index >= 15 is 0 Å². The molecule has 4 heteroatoms. The van der Waals surface area contributed by atoms with E-state index < -0.39 is 5.79 Å². The molecular weight excluding hydrogens is 232 g/mol. The van der Waals surface area contributed by atoms with E-state index in [0.29, 0.717) is 6.61 Å². The molecule has 2 atom stereocenters. The maximum Gasteiger partial charge on any atom is 0.308 e. The molecule has 1 saturated heterocycles. The summed E-state index contributed by atoms with van der Waals surface area (Å²) in [5, 5.41) is 0. The quantitative estimate of drug-likeness (QED) is 0.771. The van der Waals surface area contributed by atoms with Crippen LogP contribution in [0.1, 0.15) is 24.5 Å². The highest BCUT2D eigenvalue weighted by atomic mass is 16.7. The lowest BCUT2D eigenvalue weighted by molar-refractivity contribution is -0.166. The van der Waals surface area contributed by atoms with Crippen LogP contribution in [0.4, 0.5) is 0 Å². The SMILES string of the molecule is COC(=O)CC1COC(C)(c2cccc(C)c2)O1. The Morgan fingerprint density at radius 3 is 3.00 bits per heavy atom. The van der Waals surface area contributed by atoms with Crippen molar-refractivity contribution in [1.82, 2.24) is 0 Å². The van der Waals surface area contributed by atoms with Crippen LogP contribution in [-0.2, 0) is 24.8 Å². The summed E-state index contributed by atoms with van der Waals surface area (Å²) in [5.74, 6) is -1.05. The van der Waals surface area contributed by atoms with Crippen molar-refractivity contribution in [2.75, 3.05) is 13.7 Å². The molecule has 0 spiro atoms. The first-order chi connectivity index (χ1) is 8.53. The summed E-state index contributed by atoms with van der Waals surface area (Å²) in [6.07, 6.45) is -0.0271. The number of hydrogen-bond donors (Lipinski definition) is 0. The van der Waals surface area contributed by atoms with Gasteiger partial charge in [0.25, 0.3) is 0 Å². The molecule has 2 unspecified atom stereocenters. The lowest BCUT2D eigenvalue weighted by Gasteiger charge is -2.24. The van der Waals surface area contributed by atoms with Crippen molar-refractivity contribution in [2.45, 2.75) is 32.2 Å². The molecule has 0 N–H and O–H groups in total. The molecule has 1 heterocycles. The number of hydrogen-bond acceptors (Lipinski definition) is 4. The third kappa shape index (κ3) is 2.71. The first-order valence-electron chi connectivity index (χ1n) is 5.99. The zero-order valence-electron chi connectivity index (χ0n) is 10.9. The molecule has 0 saturated carbocycles. The van der Waals surface area contributed by atoms with Crippen LogP contribution in [0.3, 0.4) is 0 Å². The number of rotatable bonds is 3. The number of aryl methyl sites for hydroxylation is 1. The van der Waals surface area contributed by atoms with Gasteiger partial charge < -0.3 is 14.2 Å². The number of benzene rings is 1. The number of ether oxygens (including phenoxy) is 3. The first-order valence-corrected chi connectivity index (χ1v) is 5.99. The molecule has 1 fully saturated rings. The monoisotopic (exact) mass is 250 g/mol. The van der Waals surface area contributed by atoms with Crippen LogP contribution in [0.2, 0.25) is 0 Å². The maximum atomic E-state index is 11.2. The largest absolute Gasteiger partial charge is 0.469 e. The molecule has 0 bridgehead atoms. The van der Waals surface area contributed by atoms with E-state index in [4.69, 9.17) is 9.47 Å². The highest BCUT2D eigenvalue weighted by Crippen LogP contribution is 2.35. The first kappa shape index (κ1) is 13.1. The minimum Gasteiger partial charge on any atom is -0.469 e. The number of carbonyl (C=O) groups excluding carboxylic acids is 1. The van der Waals surface area contributed by atoms with Crippen molar-refractivity contribution in [3.63, 3.8) is 0 Å². The van der Waals surface area contributed by atoms with Crippen LogP contribution in [0, 0.1) is 6.92 Å². The average molecular weight is 250 g/mol. The third-order valence-electron chi connectivity index (χ3n) is 3.10. The van der Waals surface area contributed by atoms with Crippen LogP contribution in [-0.4, -0.2) is 25.8 Å². The van der Waals surface area contributed by atoms with Gasteiger partial charge in [0.2, 0.25) is 0 Å². The van der Waals surface area contributed by atoms with Crippen molar-refractivity contribution in [1.29, 1.82) is 0 Å². The predicted octanol–water partition coefficient (Wildman–Crippen LogP) is 2.15. The highest BCUT2D eigenvalue weighted by Gasteiger charge is 2.39. The molecule has 0 aliphatic carbocycles. The van der Waals surface area contributed by atoms with E-state index in [0.717, 1.165) is 11.1 Å².